The molecule has 1 saturated carbocycles. The van der Waals surface area contributed by atoms with Crippen molar-refractivity contribution in [3.05, 3.63) is 23.8 Å². The van der Waals surface area contributed by atoms with Crippen LogP contribution in [0.3, 0.4) is 0 Å². The van der Waals surface area contributed by atoms with Gasteiger partial charge in [-0.3, -0.25) is 0 Å². The van der Waals surface area contributed by atoms with E-state index in [-0.39, 0.29) is 0 Å². The Balaban J connectivity index is 2.34. The second-order valence-electron chi connectivity index (χ2n) is 3.65. The molecule has 0 heterocycles. The van der Waals surface area contributed by atoms with Crippen molar-refractivity contribution in [2.75, 3.05) is 7.11 Å². The predicted molar refractivity (Wildman–Crippen MR) is 54.8 cm³/mol. The fraction of sp³-hybridized carbons (Fsp3) is 0.400. The van der Waals surface area contributed by atoms with E-state index < -0.39 is 7.12 Å². The smallest absolute Gasteiger partial charge is 0.488 e. The molecule has 0 bridgehead atoms. The van der Waals surface area contributed by atoms with Crippen LogP contribution in [0.1, 0.15) is 24.3 Å². The van der Waals surface area contributed by atoms with Crippen molar-refractivity contribution in [1.82, 2.24) is 0 Å². The average molecular weight is 192 g/mol. The Bertz CT molecular complexity index is 334. The summed E-state index contributed by atoms with van der Waals surface area (Å²) in [6, 6.07) is 5.35. The van der Waals surface area contributed by atoms with Crippen molar-refractivity contribution >= 4 is 12.6 Å². The molecule has 1 aromatic carbocycles. The molecule has 0 atom stereocenters. The van der Waals surface area contributed by atoms with Gasteiger partial charge in [0.15, 0.2) is 0 Å². The first-order valence-electron chi connectivity index (χ1n) is 4.76. The van der Waals surface area contributed by atoms with Gasteiger partial charge in [0.1, 0.15) is 5.75 Å². The van der Waals surface area contributed by atoms with Crippen LogP contribution >= 0.6 is 0 Å². The second kappa shape index (κ2) is 3.63. The zero-order chi connectivity index (χ0) is 10.1. The lowest BCUT2D eigenvalue weighted by Crippen LogP contribution is -2.29. The molecule has 74 valence electrons. The Morgan fingerprint density at radius 2 is 2.07 bits per heavy atom. The van der Waals surface area contributed by atoms with Crippen LogP contribution in [0.5, 0.6) is 5.75 Å². The quantitative estimate of drug-likeness (QED) is 0.675. The summed E-state index contributed by atoms with van der Waals surface area (Å²) in [5.74, 6) is 1.37. The van der Waals surface area contributed by atoms with Crippen LogP contribution in [-0.2, 0) is 0 Å². The van der Waals surface area contributed by atoms with Crippen LogP contribution in [0.4, 0.5) is 0 Å². The molecular formula is C10H13BO3. The molecule has 1 fully saturated rings. The van der Waals surface area contributed by atoms with E-state index in [2.05, 4.69) is 0 Å². The molecule has 2 N–H and O–H groups in total. The summed E-state index contributed by atoms with van der Waals surface area (Å²) in [4.78, 5) is 0. The van der Waals surface area contributed by atoms with E-state index in [9.17, 15) is 0 Å². The monoisotopic (exact) mass is 192 g/mol. The van der Waals surface area contributed by atoms with E-state index in [1.54, 1.807) is 19.2 Å². The minimum absolute atomic E-state index is 0.478. The second-order valence-corrected chi connectivity index (χ2v) is 3.65. The normalized spacial score (nSPS) is 15.4. The molecule has 0 unspecified atom stereocenters. The van der Waals surface area contributed by atoms with E-state index in [1.807, 2.05) is 6.07 Å². The van der Waals surface area contributed by atoms with Crippen LogP contribution in [0.2, 0.25) is 0 Å². The SMILES string of the molecule is COc1cc(B(O)O)ccc1C1CC1. The summed E-state index contributed by atoms with van der Waals surface area (Å²) < 4.78 is 5.22. The summed E-state index contributed by atoms with van der Waals surface area (Å²) in [7, 11) is 0.187. The molecule has 1 aliphatic rings. The molecule has 0 aliphatic heterocycles. The molecule has 1 aromatic rings. The fourth-order valence-electron chi connectivity index (χ4n) is 1.62. The largest absolute Gasteiger partial charge is 0.496 e. The van der Waals surface area contributed by atoms with Crippen LogP contribution in [-0.4, -0.2) is 24.3 Å². The predicted octanol–water partition coefficient (Wildman–Crippen LogP) is 0.252. The van der Waals surface area contributed by atoms with Crippen molar-refractivity contribution in [3.8, 4) is 5.75 Å². The van der Waals surface area contributed by atoms with Gasteiger partial charge in [0.25, 0.3) is 0 Å². The van der Waals surface area contributed by atoms with Gasteiger partial charge in [-0.05, 0) is 35.9 Å². The van der Waals surface area contributed by atoms with Gasteiger partial charge in [-0.25, -0.2) is 0 Å². The van der Waals surface area contributed by atoms with Crippen LogP contribution < -0.4 is 10.2 Å². The first-order valence-corrected chi connectivity index (χ1v) is 4.76. The summed E-state index contributed by atoms with van der Waals surface area (Å²) in [5, 5.41) is 18.0. The summed E-state index contributed by atoms with van der Waals surface area (Å²) in [5.41, 5.74) is 1.66. The number of hydrogen-bond donors (Lipinski definition) is 2. The van der Waals surface area contributed by atoms with Crippen molar-refractivity contribution < 1.29 is 14.8 Å². The third kappa shape index (κ3) is 1.76. The number of benzene rings is 1. The third-order valence-electron chi connectivity index (χ3n) is 2.57. The summed E-state index contributed by atoms with van der Waals surface area (Å²) >= 11 is 0. The average Bonchev–Trinajstić information content (AvgIpc) is 3.00. The zero-order valence-corrected chi connectivity index (χ0v) is 8.10. The lowest BCUT2D eigenvalue weighted by molar-refractivity contribution is 0.407. The van der Waals surface area contributed by atoms with Gasteiger partial charge in [0.05, 0.1) is 7.11 Å². The van der Waals surface area contributed by atoms with Gasteiger partial charge in [0.2, 0.25) is 0 Å². The van der Waals surface area contributed by atoms with Gasteiger partial charge < -0.3 is 14.8 Å². The fourth-order valence-corrected chi connectivity index (χ4v) is 1.62. The van der Waals surface area contributed by atoms with E-state index in [4.69, 9.17) is 14.8 Å². The maximum absolute atomic E-state index is 8.99. The molecule has 14 heavy (non-hydrogen) atoms. The van der Waals surface area contributed by atoms with Crippen LogP contribution in [0, 0.1) is 0 Å². The standard InChI is InChI=1S/C10H13BO3/c1-14-10-6-8(11(12)13)4-5-9(10)7-2-3-7/h4-7,12-13H,2-3H2,1H3. The van der Waals surface area contributed by atoms with Crippen LogP contribution in [0.15, 0.2) is 18.2 Å². The first-order chi connectivity index (χ1) is 6.72. The highest BCUT2D eigenvalue weighted by Gasteiger charge is 2.27. The molecule has 0 amide bonds. The molecule has 0 aromatic heterocycles. The maximum atomic E-state index is 8.99. The summed E-state index contributed by atoms with van der Waals surface area (Å²) in [6.45, 7) is 0. The van der Waals surface area contributed by atoms with Gasteiger partial charge in [-0.15, -0.1) is 0 Å². The highest BCUT2D eigenvalue weighted by atomic mass is 16.5. The van der Waals surface area contributed by atoms with Gasteiger partial charge in [-0.1, -0.05) is 12.1 Å². The molecule has 3 nitrogen and oxygen atoms in total. The summed E-state index contributed by atoms with van der Waals surface area (Å²) in [6.07, 6.45) is 2.41. The minimum Gasteiger partial charge on any atom is -0.496 e. The minimum atomic E-state index is -1.42. The number of ether oxygens (including phenoxy) is 1. The Hall–Kier alpha value is -0.995. The highest BCUT2D eigenvalue weighted by molar-refractivity contribution is 6.58. The van der Waals surface area contributed by atoms with Crippen LogP contribution in [0.25, 0.3) is 0 Å². The van der Waals surface area contributed by atoms with Gasteiger partial charge in [-0.2, -0.15) is 0 Å². The molecule has 1 aliphatic carbocycles. The van der Waals surface area contributed by atoms with Crippen molar-refractivity contribution in [3.63, 3.8) is 0 Å². The Labute approximate surface area is 83.5 Å². The van der Waals surface area contributed by atoms with Gasteiger partial charge in [0, 0.05) is 0 Å². The number of methoxy groups -OCH3 is 1. The molecule has 2 rings (SSSR count). The Morgan fingerprint density at radius 1 is 1.36 bits per heavy atom. The van der Waals surface area contributed by atoms with E-state index in [1.165, 1.54) is 18.4 Å². The van der Waals surface area contributed by atoms with Gasteiger partial charge >= 0.3 is 7.12 Å². The third-order valence-corrected chi connectivity index (χ3v) is 2.57. The highest BCUT2D eigenvalue weighted by Crippen LogP contribution is 2.43. The van der Waals surface area contributed by atoms with E-state index in [0.29, 0.717) is 11.4 Å². The maximum Gasteiger partial charge on any atom is 0.488 e. The van der Waals surface area contributed by atoms with E-state index >= 15 is 0 Å². The Kier molecular flexibility index (Phi) is 2.48. The lowest BCUT2D eigenvalue weighted by atomic mass is 9.79. The number of hydrogen-bond acceptors (Lipinski definition) is 3. The molecule has 4 heteroatoms. The van der Waals surface area contributed by atoms with Crippen molar-refractivity contribution in [2.24, 2.45) is 0 Å². The lowest BCUT2D eigenvalue weighted by Gasteiger charge is -2.09. The molecule has 0 radical (unpaired) electrons. The van der Waals surface area contributed by atoms with E-state index in [0.717, 1.165) is 5.75 Å². The molecular weight excluding hydrogens is 179 g/mol. The Morgan fingerprint density at radius 3 is 2.57 bits per heavy atom. The molecule has 0 saturated heterocycles. The zero-order valence-electron chi connectivity index (χ0n) is 8.10. The number of rotatable bonds is 3. The topological polar surface area (TPSA) is 49.7 Å². The van der Waals surface area contributed by atoms with Crippen molar-refractivity contribution in [2.45, 2.75) is 18.8 Å². The first kappa shape index (κ1) is 9.56. The van der Waals surface area contributed by atoms with Crippen molar-refractivity contribution in [1.29, 1.82) is 0 Å². The molecule has 0 spiro atoms.